The van der Waals surface area contributed by atoms with Crippen molar-refractivity contribution < 1.29 is 4.48 Å². The molecular weight excluding hydrogens is 288 g/mol. The van der Waals surface area contributed by atoms with Crippen molar-refractivity contribution in [2.75, 3.05) is 13.1 Å². The molecule has 0 saturated carbocycles. The van der Waals surface area contributed by atoms with Gasteiger partial charge in [0.1, 0.15) is 0 Å². The molecule has 1 aliphatic rings. The SMILES string of the molecule is CCC[N+]1(CCC)C=Cc2ccc(Br)cc2C1N. The van der Waals surface area contributed by atoms with Crippen molar-refractivity contribution in [3.05, 3.63) is 40.0 Å². The Hall–Kier alpha value is -0.640. The van der Waals surface area contributed by atoms with E-state index >= 15 is 0 Å². The third-order valence-electron chi connectivity index (χ3n) is 3.75. The van der Waals surface area contributed by atoms with Gasteiger partial charge in [-0.05, 0) is 36.6 Å². The van der Waals surface area contributed by atoms with Gasteiger partial charge in [-0.15, -0.1) is 0 Å². The molecule has 0 amide bonds. The number of fused-ring (bicyclic) bond motifs is 1. The summed E-state index contributed by atoms with van der Waals surface area (Å²) in [5, 5.41) is 0. The van der Waals surface area contributed by atoms with Crippen molar-refractivity contribution in [2.45, 2.75) is 32.9 Å². The van der Waals surface area contributed by atoms with Crippen LogP contribution in [0.15, 0.2) is 28.9 Å². The van der Waals surface area contributed by atoms with E-state index in [0.29, 0.717) is 0 Å². The van der Waals surface area contributed by atoms with Gasteiger partial charge in [0.2, 0.25) is 0 Å². The zero-order chi connectivity index (χ0) is 13.2. The smallest absolute Gasteiger partial charge is 0.171 e. The largest absolute Gasteiger partial charge is 0.279 e. The van der Waals surface area contributed by atoms with E-state index in [0.717, 1.165) is 34.9 Å². The van der Waals surface area contributed by atoms with Crippen molar-refractivity contribution >= 4 is 22.0 Å². The van der Waals surface area contributed by atoms with E-state index in [1.165, 1.54) is 11.1 Å². The van der Waals surface area contributed by atoms with Crippen LogP contribution < -0.4 is 5.73 Å². The second kappa shape index (κ2) is 5.55. The van der Waals surface area contributed by atoms with E-state index in [-0.39, 0.29) is 6.17 Å². The predicted octanol–water partition coefficient (Wildman–Crippen LogP) is 4.03. The third-order valence-corrected chi connectivity index (χ3v) is 4.25. The molecule has 2 rings (SSSR count). The van der Waals surface area contributed by atoms with Crippen molar-refractivity contribution in [3.8, 4) is 0 Å². The summed E-state index contributed by atoms with van der Waals surface area (Å²) in [5.41, 5.74) is 9.08. The molecule has 0 spiro atoms. The van der Waals surface area contributed by atoms with Crippen molar-refractivity contribution in [1.29, 1.82) is 0 Å². The normalized spacial score (nSPS) is 20.8. The Morgan fingerprint density at radius 3 is 2.50 bits per heavy atom. The Kier molecular flexibility index (Phi) is 4.25. The number of hydrogen-bond donors (Lipinski definition) is 1. The minimum atomic E-state index is 0.0578. The summed E-state index contributed by atoms with van der Waals surface area (Å²) < 4.78 is 1.99. The van der Waals surface area contributed by atoms with Crippen LogP contribution in [0.5, 0.6) is 0 Å². The standard InChI is InChI=1S/C15H22BrN2/c1-3-8-18(9-4-2)10-7-12-5-6-13(16)11-14(12)15(18)17/h5-7,10-11,15H,3-4,8-9,17H2,1-2H3/q+1. The van der Waals surface area contributed by atoms with E-state index in [1.54, 1.807) is 0 Å². The van der Waals surface area contributed by atoms with Crippen LogP contribution in [-0.4, -0.2) is 17.6 Å². The fourth-order valence-electron chi connectivity index (χ4n) is 2.92. The molecule has 1 aromatic carbocycles. The lowest BCUT2D eigenvalue weighted by Gasteiger charge is -2.42. The molecular formula is C15H22BrN2+. The van der Waals surface area contributed by atoms with Gasteiger partial charge in [0.05, 0.1) is 19.3 Å². The lowest BCUT2D eigenvalue weighted by molar-refractivity contribution is -0.910. The molecule has 18 heavy (non-hydrogen) atoms. The first-order valence-electron chi connectivity index (χ1n) is 6.73. The first-order chi connectivity index (χ1) is 8.63. The Morgan fingerprint density at radius 1 is 1.22 bits per heavy atom. The van der Waals surface area contributed by atoms with Crippen LogP contribution in [0.4, 0.5) is 0 Å². The number of hydrogen-bond acceptors (Lipinski definition) is 1. The van der Waals surface area contributed by atoms with Crippen molar-refractivity contribution in [3.63, 3.8) is 0 Å². The average Bonchev–Trinajstić information content (AvgIpc) is 2.35. The molecule has 2 nitrogen and oxygen atoms in total. The Labute approximate surface area is 118 Å². The number of benzene rings is 1. The summed E-state index contributed by atoms with van der Waals surface area (Å²) >= 11 is 3.55. The highest BCUT2D eigenvalue weighted by molar-refractivity contribution is 9.10. The molecule has 3 heteroatoms. The summed E-state index contributed by atoms with van der Waals surface area (Å²) in [5.74, 6) is 0. The van der Waals surface area contributed by atoms with Crippen molar-refractivity contribution in [1.82, 2.24) is 0 Å². The van der Waals surface area contributed by atoms with Crippen molar-refractivity contribution in [2.24, 2.45) is 5.73 Å². The quantitative estimate of drug-likeness (QED) is 0.835. The lowest BCUT2D eigenvalue weighted by atomic mass is 9.98. The number of rotatable bonds is 4. The highest BCUT2D eigenvalue weighted by Gasteiger charge is 2.36. The summed E-state index contributed by atoms with van der Waals surface area (Å²) in [6.07, 6.45) is 6.90. The summed E-state index contributed by atoms with van der Waals surface area (Å²) in [7, 11) is 0. The maximum Gasteiger partial charge on any atom is 0.171 e. The number of nitrogens with zero attached hydrogens (tertiary/aromatic N) is 1. The molecule has 98 valence electrons. The van der Waals surface area contributed by atoms with E-state index < -0.39 is 0 Å². The van der Waals surface area contributed by atoms with Gasteiger partial charge in [0, 0.05) is 10.0 Å². The van der Waals surface area contributed by atoms with E-state index in [1.807, 2.05) is 0 Å². The molecule has 1 heterocycles. The highest BCUT2D eigenvalue weighted by Crippen LogP contribution is 2.35. The van der Waals surface area contributed by atoms with Crippen LogP contribution in [0, 0.1) is 0 Å². The monoisotopic (exact) mass is 309 g/mol. The number of nitrogens with two attached hydrogens (primary N) is 1. The Morgan fingerprint density at radius 2 is 1.89 bits per heavy atom. The van der Waals surface area contributed by atoms with Gasteiger partial charge in [-0.3, -0.25) is 10.2 Å². The van der Waals surface area contributed by atoms with Gasteiger partial charge in [-0.1, -0.05) is 35.8 Å². The molecule has 0 fully saturated rings. The van der Waals surface area contributed by atoms with Crippen LogP contribution >= 0.6 is 15.9 Å². The second-order valence-electron chi connectivity index (χ2n) is 5.08. The van der Waals surface area contributed by atoms with Gasteiger partial charge in [0.15, 0.2) is 6.17 Å². The van der Waals surface area contributed by atoms with Gasteiger partial charge in [-0.2, -0.15) is 0 Å². The zero-order valence-corrected chi connectivity index (χ0v) is 12.8. The summed E-state index contributed by atoms with van der Waals surface area (Å²) in [4.78, 5) is 0. The summed E-state index contributed by atoms with van der Waals surface area (Å²) in [6, 6.07) is 6.39. The third kappa shape index (κ3) is 2.40. The van der Waals surface area contributed by atoms with E-state index in [2.05, 4.69) is 60.3 Å². The van der Waals surface area contributed by atoms with E-state index in [4.69, 9.17) is 5.73 Å². The van der Waals surface area contributed by atoms with Gasteiger partial charge in [-0.25, -0.2) is 0 Å². The fraction of sp³-hybridized carbons (Fsp3) is 0.467. The maximum absolute atomic E-state index is 6.57. The van der Waals surface area contributed by atoms with Crippen LogP contribution in [0.3, 0.4) is 0 Å². The van der Waals surface area contributed by atoms with Gasteiger partial charge in [0.25, 0.3) is 0 Å². The molecule has 2 N–H and O–H groups in total. The van der Waals surface area contributed by atoms with E-state index in [9.17, 15) is 0 Å². The molecule has 1 unspecified atom stereocenters. The number of halogens is 1. The Balaban J connectivity index is 2.43. The first kappa shape index (κ1) is 13.8. The molecule has 1 aromatic rings. The molecule has 1 atom stereocenters. The topological polar surface area (TPSA) is 26.0 Å². The van der Waals surface area contributed by atoms with Crippen LogP contribution in [-0.2, 0) is 0 Å². The molecule has 1 aliphatic heterocycles. The Bertz CT molecular complexity index is 448. The van der Waals surface area contributed by atoms with Gasteiger partial charge < -0.3 is 0 Å². The van der Waals surface area contributed by atoms with Crippen LogP contribution in [0.2, 0.25) is 0 Å². The fourth-order valence-corrected chi connectivity index (χ4v) is 3.30. The lowest BCUT2D eigenvalue weighted by Crippen LogP contribution is -2.52. The molecule has 0 radical (unpaired) electrons. The second-order valence-corrected chi connectivity index (χ2v) is 6.00. The highest BCUT2D eigenvalue weighted by atomic mass is 79.9. The maximum atomic E-state index is 6.57. The van der Waals surface area contributed by atoms with Crippen LogP contribution in [0.1, 0.15) is 44.0 Å². The first-order valence-corrected chi connectivity index (χ1v) is 7.53. The molecule has 0 aromatic heterocycles. The molecule has 0 bridgehead atoms. The van der Waals surface area contributed by atoms with Crippen LogP contribution in [0.25, 0.3) is 6.08 Å². The molecule has 0 aliphatic carbocycles. The summed E-state index contributed by atoms with van der Waals surface area (Å²) in [6.45, 7) is 6.67. The predicted molar refractivity (Wildman–Crippen MR) is 80.7 cm³/mol. The minimum absolute atomic E-state index is 0.0578. The number of quaternary nitrogens is 1. The zero-order valence-electron chi connectivity index (χ0n) is 11.2. The molecule has 0 saturated heterocycles. The van der Waals surface area contributed by atoms with Gasteiger partial charge >= 0.3 is 0 Å². The average molecular weight is 310 g/mol. The minimum Gasteiger partial charge on any atom is -0.279 e.